The topological polar surface area (TPSA) is 47.8 Å². The van der Waals surface area contributed by atoms with E-state index in [1.165, 1.54) is 11.1 Å². The molecule has 4 nitrogen and oxygen atoms in total. The van der Waals surface area contributed by atoms with Crippen LogP contribution in [-0.4, -0.2) is 14.5 Å². The minimum atomic E-state index is -0.159. The molecule has 0 aliphatic heterocycles. The molecule has 26 heavy (non-hydrogen) atoms. The van der Waals surface area contributed by atoms with Gasteiger partial charge in [-0.15, -0.1) is 11.8 Å². The minimum absolute atomic E-state index is 0.159. The van der Waals surface area contributed by atoms with Crippen molar-refractivity contribution in [2.75, 3.05) is 0 Å². The zero-order chi connectivity index (χ0) is 17.9. The smallest absolute Gasteiger partial charge is 0.291 e. The fourth-order valence-corrected chi connectivity index (χ4v) is 4.57. The van der Waals surface area contributed by atoms with Crippen LogP contribution >= 0.6 is 27.7 Å². The first kappa shape index (κ1) is 17.5. The highest BCUT2D eigenvalue weighted by Crippen LogP contribution is 2.31. The van der Waals surface area contributed by atoms with E-state index in [0.29, 0.717) is 6.54 Å². The first-order valence-electron chi connectivity index (χ1n) is 8.59. The molecule has 0 N–H and O–H groups in total. The van der Waals surface area contributed by atoms with E-state index in [-0.39, 0.29) is 5.69 Å². The van der Waals surface area contributed by atoms with Gasteiger partial charge < -0.3 is 0 Å². The Morgan fingerprint density at radius 2 is 1.96 bits per heavy atom. The van der Waals surface area contributed by atoms with Crippen molar-refractivity contribution < 1.29 is 0 Å². The second-order valence-corrected chi connectivity index (χ2v) is 8.22. The van der Waals surface area contributed by atoms with Crippen molar-refractivity contribution in [3.05, 3.63) is 86.1 Å². The van der Waals surface area contributed by atoms with E-state index < -0.39 is 0 Å². The van der Waals surface area contributed by atoms with Crippen LogP contribution in [0.1, 0.15) is 28.8 Å². The number of thioether (sulfide) groups is 1. The van der Waals surface area contributed by atoms with Crippen LogP contribution in [0.4, 0.5) is 0 Å². The summed E-state index contributed by atoms with van der Waals surface area (Å²) in [4.78, 5) is 21.2. The molecule has 0 fully saturated rings. The Morgan fingerprint density at radius 1 is 1.12 bits per heavy atom. The minimum Gasteiger partial charge on any atom is -0.291 e. The van der Waals surface area contributed by atoms with E-state index in [9.17, 15) is 4.79 Å². The number of hydrogen-bond donors (Lipinski definition) is 0. The van der Waals surface area contributed by atoms with E-state index >= 15 is 0 Å². The largest absolute Gasteiger partial charge is 0.349 e. The van der Waals surface area contributed by atoms with Crippen LogP contribution in [0, 0.1) is 0 Å². The number of nitrogens with zero attached hydrogens (tertiary/aromatic N) is 3. The maximum atomic E-state index is 12.7. The Kier molecular flexibility index (Phi) is 5.22. The molecule has 3 aromatic rings. The number of hydrogen-bond acceptors (Lipinski definition) is 4. The van der Waals surface area contributed by atoms with Crippen molar-refractivity contribution in [1.82, 2.24) is 14.5 Å². The zero-order valence-electron chi connectivity index (χ0n) is 14.2. The molecule has 132 valence electrons. The van der Waals surface area contributed by atoms with Gasteiger partial charge >= 0.3 is 5.69 Å². The maximum absolute atomic E-state index is 12.7. The van der Waals surface area contributed by atoms with Gasteiger partial charge in [-0.1, -0.05) is 34.1 Å². The number of aromatic nitrogens is 3. The van der Waals surface area contributed by atoms with Gasteiger partial charge in [0, 0.05) is 33.9 Å². The number of halogens is 1. The number of fused-ring (bicyclic) bond motifs is 1. The van der Waals surface area contributed by atoms with Gasteiger partial charge in [0.2, 0.25) is 0 Å². The summed E-state index contributed by atoms with van der Waals surface area (Å²) < 4.78 is 2.89. The van der Waals surface area contributed by atoms with Crippen LogP contribution in [0.2, 0.25) is 0 Å². The molecule has 0 atom stereocenters. The van der Waals surface area contributed by atoms with Crippen molar-refractivity contribution in [3.8, 4) is 0 Å². The highest BCUT2D eigenvalue weighted by molar-refractivity contribution is 9.10. The summed E-state index contributed by atoms with van der Waals surface area (Å²) in [6.45, 7) is 0.541. The van der Waals surface area contributed by atoms with Gasteiger partial charge in [-0.3, -0.25) is 9.55 Å². The predicted molar refractivity (Wildman–Crippen MR) is 108 cm³/mol. The highest BCUT2D eigenvalue weighted by atomic mass is 79.9. The monoisotopic (exact) mass is 427 g/mol. The first-order valence-corrected chi connectivity index (χ1v) is 10.4. The van der Waals surface area contributed by atoms with Gasteiger partial charge in [0.25, 0.3) is 0 Å². The molecule has 0 amide bonds. The van der Waals surface area contributed by atoms with E-state index in [1.54, 1.807) is 18.0 Å². The second-order valence-electron chi connectivity index (χ2n) is 6.34. The van der Waals surface area contributed by atoms with Crippen molar-refractivity contribution in [3.63, 3.8) is 0 Å². The van der Waals surface area contributed by atoms with E-state index in [1.807, 2.05) is 35.0 Å². The van der Waals surface area contributed by atoms with Crippen molar-refractivity contribution in [2.45, 2.75) is 36.6 Å². The average Bonchev–Trinajstić information content (AvgIpc) is 3.15. The Labute approximate surface area is 164 Å². The summed E-state index contributed by atoms with van der Waals surface area (Å²) in [6, 6.07) is 12.2. The molecule has 0 saturated carbocycles. The zero-order valence-corrected chi connectivity index (χ0v) is 16.6. The van der Waals surface area contributed by atoms with Gasteiger partial charge in [-0.2, -0.15) is 4.98 Å². The molecule has 2 heterocycles. The molecule has 2 aromatic heterocycles. The quantitative estimate of drug-likeness (QED) is 0.451. The van der Waals surface area contributed by atoms with Crippen molar-refractivity contribution in [2.24, 2.45) is 0 Å². The van der Waals surface area contributed by atoms with Gasteiger partial charge in [0.15, 0.2) is 0 Å². The molecule has 1 aromatic carbocycles. The Balaban J connectivity index is 1.61. The highest BCUT2D eigenvalue weighted by Gasteiger charge is 2.22. The Hall–Kier alpha value is -1.92. The first-order chi connectivity index (χ1) is 12.7. The lowest BCUT2D eigenvalue weighted by atomic mass is 10.2. The molecular weight excluding hydrogens is 410 g/mol. The third-order valence-corrected chi connectivity index (χ3v) is 6.17. The predicted octanol–water partition coefficient (Wildman–Crippen LogP) is 4.23. The maximum Gasteiger partial charge on any atom is 0.349 e. The third-order valence-electron chi connectivity index (χ3n) is 4.55. The van der Waals surface area contributed by atoms with Crippen LogP contribution in [0.25, 0.3) is 0 Å². The molecule has 0 unspecified atom stereocenters. The molecule has 0 saturated heterocycles. The van der Waals surface area contributed by atoms with Crippen LogP contribution in [0.15, 0.2) is 63.1 Å². The molecule has 4 rings (SSSR count). The lowest BCUT2D eigenvalue weighted by Gasteiger charge is -2.14. The summed E-state index contributed by atoms with van der Waals surface area (Å²) in [7, 11) is 0. The molecule has 1 aliphatic carbocycles. The molecule has 6 heteroatoms. The van der Waals surface area contributed by atoms with Gasteiger partial charge in [0.1, 0.15) is 5.03 Å². The molecule has 1 aliphatic rings. The summed E-state index contributed by atoms with van der Waals surface area (Å²) in [5.74, 6) is 0.818. The summed E-state index contributed by atoms with van der Waals surface area (Å²) in [6.07, 6.45) is 6.58. The number of pyridine rings is 1. The van der Waals surface area contributed by atoms with Gasteiger partial charge in [0.05, 0.1) is 6.54 Å². The molecule has 0 bridgehead atoms. The molecule has 0 spiro atoms. The summed E-state index contributed by atoms with van der Waals surface area (Å²) >= 11 is 5.12. The van der Waals surface area contributed by atoms with Crippen LogP contribution in [0.5, 0.6) is 0 Å². The van der Waals surface area contributed by atoms with Gasteiger partial charge in [-0.25, -0.2) is 4.79 Å². The van der Waals surface area contributed by atoms with E-state index in [4.69, 9.17) is 0 Å². The SMILES string of the molecule is O=c1nc(SCc2ccc(Br)cc2)c2c(n1Cc1cccnc1)CCC2. The fourth-order valence-electron chi connectivity index (χ4n) is 3.28. The normalized spacial score (nSPS) is 13.0. The summed E-state index contributed by atoms with van der Waals surface area (Å²) in [5, 5.41) is 0.896. The second kappa shape index (κ2) is 7.76. The molecular formula is C20H18BrN3OS. The summed E-state index contributed by atoms with van der Waals surface area (Å²) in [5.41, 5.74) is 4.49. The number of rotatable bonds is 5. The van der Waals surface area contributed by atoms with E-state index in [2.05, 4.69) is 38.0 Å². The van der Waals surface area contributed by atoms with Crippen LogP contribution in [-0.2, 0) is 25.1 Å². The fraction of sp³-hybridized carbons (Fsp3) is 0.250. The standard InChI is InChI=1S/C20H18BrN3OS/c21-16-8-6-14(7-9-16)13-26-19-17-4-1-5-18(17)24(20(25)23-19)12-15-3-2-10-22-11-15/h2-3,6-11H,1,4-5,12-13H2. The van der Waals surface area contributed by atoms with E-state index in [0.717, 1.165) is 45.8 Å². The Bertz CT molecular complexity index is 971. The van der Waals surface area contributed by atoms with Crippen LogP contribution < -0.4 is 5.69 Å². The third kappa shape index (κ3) is 3.76. The van der Waals surface area contributed by atoms with Gasteiger partial charge in [-0.05, 0) is 48.6 Å². The van der Waals surface area contributed by atoms with Crippen molar-refractivity contribution in [1.29, 1.82) is 0 Å². The molecule has 0 radical (unpaired) electrons. The van der Waals surface area contributed by atoms with Crippen LogP contribution in [0.3, 0.4) is 0 Å². The lowest BCUT2D eigenvalue weighted by molar-refractivity contribution is 0.665. The lowest BCUT2D eigenvalue weighted by Crippen LogP contribution is -2.27. The average molecular weight is 428 g/mol. The Morgan fingerprint density at radius 3 is 2.73 bits per heavy atom. The van der Waals surface area contributed by atoms with Crippen molar-refractivity contribution >= 4 is 27.7 Å². The number of benzene rings is 1.